The zero-order valence-electron chi connectivity index (χ0n) is 10.8. The number of carbonyl (C=O) groups excluding carboxylic acids is 2. The molecule has 6 heteroatoms. The van der Waals surface area contributed by atoms with Gasteiger partial charge < -0.3 is 20.6 Å². The van der Waals surface area contributed by atoms with Crippen molar-refractivity contribution in [3.05, 3.63) is 29.3 Å². The number of benzene rings is 1. The summed E-state index contributed by atoms with van der Waals surface area (Å²) in [5, 5.41) is 31.5. The van der Waals surface area contributed by atoms with Gasteiger partial charge in [0.15, 0.2) is 5.78 Å². The van der Waals surface area contributed by atoms with Gasteiger partial charge in [-0.15, -0.1) is 0 Å². The van der Waals surface area contributed by atoms with Crippen LogP contribution in [0, 0.1) is 0 Å². The Morgan fingerprint density at radius 3 is 2.37 bits per heavy atom. The molecule has 0 spiro atoms. The summed E-state index contributed by atoms with van der Waals surface area (Å²) in [7, 11) is 0. The highest BCUT2D eigenvalue weighted by Gasteiger charge is 2.20. The Kier molecular flexibility index (Phi) is 5.02. The smallest absolute Gasteiger partial charge is 0.216 e. The standard InChI is InChI=1S/C13H17NO5/c1-7(15)10-4-3-9(5-11(10)17)13(19)12(18)6-14-8(2)16/h3-5,12-13,17-19H,6H2,1-2H3,(H,14,16). The van der Waals surface area contributed by atoms with E-state index in [1.807, 2.05) is 0 Å². The maximum atomic E-state index is 11.1. The molecule has 0 heterocycles. The Bertz CT molecular complexity index is 486. The molecule has 2 atom stereocenters. The minimum atomic E-state index is -1.27. The minimum Gasteiger partial charge on any atom is -0.507 e. The van der Waals surface area contributed by atoms with Gasteiger partial charge in [0.25, 0.3) is 0 Å². The van der Waals surface area contributed by atoms with Gasteiger partial charge in [-0.25, -0.2) is 0 Å². The molecule has 0 radical (unpaired) electrons. The third-order valence-corrected chi connectivity index (χ3v) is 2.67. The molecule has 0 bridgehead atoms. The first-order chi connectivity index (χ1) is 8.82. The normalized spacial score (nSPS) is 13.7. The Morgan fingerprint density at radius 2 is 1.89 bits per heavy atom. The van der Waals surface area contributed by atoms with Crippen molar-refractivity contribution in [2.45, 2.75) is 26.1 Å². The van der Waals surface area contributed by atoms with Crippen LogP contribution in [0.15, 0.2) is 18.2 Å². The monoisotopic (exact) mass is 267 g/mol. The third kappa shape index (κ3) is 4.04. The number of amides is 1. The summed E-state index contributed by atoms with van der Waals surface area (Å²) in [5.41, 5.74) is 0.410. The summed E-state index contributed by atoms with van der Waals surface area (Å²) < 4.78 is 0. The van der Waals surface area contributed by atoms with Gasteiger partial charge in [0.05, 0.1) is 5.56 Å². The van der Waals surface area contributed by atoms with E-state index >= 15 is 0 Å². The van der Waals surface area contributed by atoms with Gasteiger partial charge in [-0.1, -0.05) is 6.07 Å². The van der Waals surface area contributed by atoms with Crippen molar-refractivity contribution < 1.29 is 24.9 Å². The van der Waals surface area contributed by atoms with Gasteiger partial charge in [-0.3, -0.25) is 9.59 Å². The number of Topliss-reactive ketones (excluding diaryl/α,β-unsaturated/α-hetero) is 1. The van der Waals surface area contributed by atoms with Gasteiger partial charge in [-0.2, -0.15) is 0 Å². The van der Waals surface area contributed by atoms with Crippen LogP contribution in [0.5, 0.6) is 5.75 Å². The molecule has 0 aliphatic heterocycles. The molecule has 0 fully saturated rings. The van der Waals surface area contributed by atoms with Crippen molar-refractivity contribution in [1.82, 2.24) is 5.32 Å². The van der Waals surface area contributed by atoms with Crippen LogP contribution in [0.1, 0.15) is 35.9 Å². The molecule has 4 N–H and O–H groups in total. The average Bonchev–Trinajstić information content (AvgIpc) is 2.34. The molecule has 1 amide bonds. The number of rotatable bonds is 5. The predicted molar refractivity (Wildman–Crippen MR) is 67.8 cm³/mol. The van der Waals surface area contributed by atoms with Crippen molar-refractivity contribution >= 4 is 11.7 Å². The maximum absolute atomic E-state index is 11.1. The van der Waals surface area contributed by atoms with Crippen LogP contribution in [0.3, 0.4) is 0 Å². The molecule has 1 rings (SSSR count). The molecule has 104 valence electrons. The van der Waals surface area contributed by atoms with Crippen molar-refractivity contribution in [2.24, 2.45) is 0 Å². The molecule has 0 saturated carbocycles. The third-order valence-electron chi connectivity index (χ3n) is 2.67. The molecule has 2 unspecified atom stereocenters. The topological polar surface area (TPSA) is 107 Å². The van der Waals surface area contributed by atoms with Crippen LogP contribution in [0.4, 0.5) is 0 Å². The lowest BCUT2D eigenvalue weighted by atomic mass is 10.0. The minimum absolute atomic E-state index is 0.105. The zero-order valence-corrected chi connectivity index (χ0v) is 10.8. The second kappa shape index (κ2) is 6.31. The molecule has 19 heavy (non-hydrogen) atoms. The van der Waals surface area contributed by atoms with Crippen molar-refractivity contribution in [3.63, 3.8) is 0 Å². The first kappa shape index (κ1) is 15.1. The molecular formula is C13H17NO5. The summed E-state index contributed by atoms with van der Waals surface area (Å²) >= 11 is 0. The van der Waals surface area contributed by atoms with E-state index in [9.17, 15) is 24.9 Å². The molecule has 6 nitrogen and oxygen atoms in total. The molecular weight excluding hydrogens is 250 g/mol. The Morgan fingerprint density at radius 1 is 1.26 bits per heavy atom. The van der Waals surface area contributed by atoms with Crippen LogP contribution < -0.4 is 5.32 Å². The summed E-state index contributed by atoms with van der Waals surface area (Å²) in [6, 6.07) is 4.04. The molecule has 0 aromatic heterocycles. The lowest BCUT2D eigenvalue weighted by molar-refractivity contribution is -0.119. The lowest BCUT2D eigenvalue weighted by Gasteiger charge is -2.18. The lowest BCUT2D eigenvalue weighted by Crippen LogP contribution is -2.34. The van der Waals surface area contributed by atoms with E-state index in [0.29, 0.717) is 0 Å². The number of carbonyl (C=O) groups is 2. The number of hydrogen-bond donors (Lipinski definition) is 4. The number of phenolic OH excluding ortho intramolecular Hbond substituents is 1. The van der Waals surface area contributed by atoms with Gasteiger partial charge in [0, 0.05) is 13.5 Å². The largest absolute Gasteiger partial charge is 0.507 e. The number of aliphatic hydroxyl groups excluding tert-OH is 2. The van der Waals surface area contributed by atoms with E-state index in [1.54, 1.807) is 0 Å². The highest BCUT2D eigenvalue weighted by atomic mass is 16.3. The highest BCUT2D eigenvalue weighted by molar-refractivity contribution is 5.96. The summed E-state index contributed by atoms with van der Waals surface area (Å²) in [6.45, 7) is 2.51. The van der Waals surface area contributed by atoms with E-state index in [0.717, 1.165) is 0 Å². The first-order valence-electron chi connectivity index (χ1n) is 5.77. The first-order valence-corrected chi connectivity index (χ1v) is 5.77. The van der Waals surface area contributed by atoms with Crippen molar-refractivity contribution in [2.75, 3.05) is 6.54 Å². The van der Waals surface area contributed by atoms with E-state index in [-0.39, 0.29) is 35.1 Å². The molecule has 1 aromatic carbocycles. The fraction of sp³-hybridized carbons (Fsp3) is 0.385. The number of ketones is 1. The molecule has 0 aliphatic carbocycles. The number of nitrogens with one attached hydrogen (secondary N) is 1. The van der Waals surface area contributed by atoms with Crippen LogP contribution in [-0.2, 0) is 4.79 Å². The van der Waals surface area contributed by atoms with Crippen LogP contribution in [-0.4, -0.2) is 39.7 Å². The fourth-order valence-electron chi connectivity index (χ4n) is 1.61. The molecule has 1 aromatic rings. The van der Waals surface area contributed by atoms with Gasteiger partial charge in [0.1, 0.15) is 18.0 Å². The van der Waals surface area contributed by atoms with Gasteiger partial charge >= 0.3 is 0 Å². The molecule has 0 saturated heterocycles. The predicted octanol–water partition coefficient (Wildman–Crippen LogP) is 0.125. The number of aliphatic hydroxyl groups is 2. The molecule has 0 aliphatic rings. The summed E-state index contributed by atoms with van der Waals surface area (Å²) in [6.07, 6.45) is -2.47. The quantitative estimate of drug-likeness (QED) is 0.567. The number of aromatic hydroxyl groups is 1. The maximum Gasteiger partial charge on any atom is 0.216 e. The summed E-state index contributed by atoms with van der Waals surface area (Å²) in [5.74, 6) is -0.867. The van der Waals surface area contributed by atoms with Crippen molar-refractivity contribution in [1.29, 1.82) is 0 Å². The van der Waals surface area contributed by atoms with E-state index in [1.165, 1.54) is 32.0 Å². The van der Waals surface area contributed by atoms with E-state index < -0.39 is 12.2 Å². The second-order valence-corrected chi connectivity index (χ2v) is 4.28. The van der Waals surface area contributed by atoms with Crippen LogP contribution in [0.2, 0.25) is 0 Å². The van der Waals surface area contributed by atoms with Gasteiger partial charge in [0.2, 0.25) is 5.91 Å². The number of hydrogen-bond acceptors (Lipinski definition) is 5. The summed E-state index contributed by atoms with van der Waals surface area (Å²) in [4.78, 5) is 21.8. The van der Waals surface area contributed by atoms with Crippen LogP contribution >= 0.6 is 0 Å². The Hall–Kier alpha value is -1.92. The zero-order chi connectivity index (χ0) is 14.6. The van der Waals surface area contributed by atoms with E-state index in [4.69, 9.17) is 0 Å². The van der Waals surface area contributed by atoms with E-state index in [2.05, 4.69) is 5.32 Å². The Balaban J connectivity index is 2.82. The van der Waals surface area contributed by atoms with Crippen LogP contribution in [0.25, 0.3) is 0 Å². The average molecular weight is 267 g/mol. The second-order valence-electron chi connectivity index (χ2n) is 4.28. The van der Waals surface area contributed by atoms with Gasteiger partial charge in [-0.05, 0) is 24.6 Å². The fourth-order valence-corrected chi connectivity index (χ4v) is 1.61. The van der Waals surface area contributed by atoms with Crippen molar-refractivity contribution in [3.8, 4) is 5.75 Å². The highest BCUT2D eigenvalue weighted by Crippen LogP contribution is 2.24. The Labute approximate surface area is 110 Å². The number of phenols is 1. The SMILES string of the molecule is CC(=O)NCC(O)C(O)c1ccc(C(C)=O)c(O)c1.